The van der Waals surface area contributed by atoms with E-state index >= 15 is 0 Å². The van der Waals surface area contributed by atoms with Gasteiger partial charge >= 0.3 is 0 Å². The van der Waals surface area contributed by atoms with Gasteiger partial charge in [0.15, 0.2) is 11.5 Å². The van der Waals surface area contributed by atoms with Gasteiger partial charge in [-0.25, -0.2) is 9.37 Å². The molecule has 0 saturated carbocycles. The smallest absolute Gasteiger partial charge is 0.165 e. The topological polar surface area (TPSA) is 78.9 Å². The second-order valence-corrected chi connectivity index (χ2v) is 6.87. The zero-order valence-electron chi connectivity index (χ0n) is 14.1. The van der Waals surface area contributed by atoms with Crippen molar-refractivity contribution in [3.63, 3.8) is 0 Å². The molecule has 0 amide bonds. The van der Waals surface area contributed by atoms with Crippen molar-refractivity contribution in [2.24, 2.45) is 0 Å². The lowest BCUT2D eigenvalue weighted by atomic mass is 10.2. The van der Waals surface area contributed by atoms with E-state index in [0.29, 0.717) is 22.2 Å². The minimum Gasteiger partial charge on any atom is -0.497 e. The Morgan fingerprint density at radius 3 is 2.67 bits per heavy atom. The average Bonchev–Trinajstić information content (AvgIpc) is 3.31. The molecular formula is C18H13ClFN5OS. The van der Waals surface area contributed by atoms with Gasteiger partial charge in [-0.2, -0.15) is 4.68 Å². The van der Waals surface area contributed by atoms with Gasteiger partial charge in [0, 0.05) is 10.9 Å². The van der Waals surface area contributed by atoms with Crippen LogP contribution in [0.25, 0.3) is 27.6 Å². The number of anilines is 1. The Bertz CT molecular complexity index is 1110. The molecular weight excluding hydrogens is 389 g/mol. The lowest BCUT2D eigenvalue weighted by Gasteiger charge is -2.04. The molecule has 0 aliphatic heterocycles. The third-order valence-corrected chi connectivity index (χ3v) is 5.08. The summed E-state index contributed by atoms with van der Waals surface area (Å²) in [5.41, 5.74) is 8.92. The Balaban J connectivity index is 1.67. The number of nitrogens with zero attached hydrogens (tertiary/aromatic N) is 4. The Hall–Kier alpha value is -2.97. The monoisotopic (exact) mass is 401 g/mol. The van der Waals surface area contributed by atoms with Gasteiger partial charge in [-0.15, -0.1) is 16.4 Å². The van der Waals surface area contributed by atoms with Gasteiger partial charge < -0.3 is 10.5 Å². The number of nitrogens with two attached hydrogens (primary N) is 1. The van der Waals surface area contributed by atoms with Crippen molar-refractivity contribution in [1.29, 1.82) is 0 Å². The van der Waals surface area contributed by atoms with E-state index < -0.39 is 5.82 Å². The van der Waals surface area contributed by atoms with Crippen molar-refractivity contribution in [3.8, 4) is 33.4 Å². The summed E-state index contributed by atoms with van der Waals surface area (Å²) in [5.74, 6) is 0.566. The lowest BCUT2D eigenvalue weighted by molar-refractivity contribution is 0.415. The minimum atomic E-state index is -0.511. The number of hydrogen-bond donors (Lipinski definition) is 1. The number of hydrogen-bond acceptors (Lipinski definition) is 6. The van der Waals surface area contributed by atoms with Gasteiger partial charge in [-0.1, -0.05) is 16.8 Å². The highest BCUT2D eigenvalue weighted by atomic mass is 35.5. The van der Waals surface area contributed by atoms with E-state index in [2.05, 4.69) is 15.3 Å². The summed E-state index contributed by atoms with van der Waals surface area (Å²) in [4.78, 5) is 4.60. The Morgan fingerprint density at radius 2 is 1.96 bits per heavy atom. The summed E-state index contributed by atoms with van der Waals surface area (Å²) in [5, 5.41) is 10.7. The third-order valence-electron chi connectivity index (χ3n) is 3.95. The molecule has 0 saturated heterocycles. The van der Waals surface area contributed by atoms with Crippen LogP contribution in [0.3, 0.4) is 0 Å². The summed E-state index contributed by atoms with van der Waals surface area (Å²) in [6.07, 6.45) is 0. The molecule has 9 heteroatoms. The van der Waals surface area contributed by atoms with Crippen LogP contribution < -0.4 is 10.5 Å². The molecule has 4 aromatic rings. The number of ether oxygens (including phenoxy) is 1. The summed E-state index contributed by atoms with van der Waals surface area (Å²) >= 11 is 7.25. The molecule has 27 heavy (non-hydrogen) atoms. The van der Waals surface area contributed by atoms with Crippen molar-refractivity contribution in [3.05, 3.63) is 58.7 Å². The van der Waals surface area contributed by atoms with E-state index in [0.717, 1.165) is 17.0 Å². The Kier molecular flexibility index (Phi) is 4.51. The molecule has 0 bridgehead atoms. The molecule has 0 unspecified atom stereocenters. The maximum absolute atomic E-state index is 13.4. The number of aromatic nitrogens is 4. The molecule has 2 aromatic carbocycles. The predicted molar refractivity (Wildman–Crippen MR) is 104 cm³/mol. The number of benzene rings is 2. The zero-order chi connectivity index (χ0) is 19.0. The first-order valence-electron chi connectivity index (χ1n) is 7.83. The molecule has 6 nitrogen and oxygen atoms in total. The highest BCUT2D eigenvalue weighted by Gasteiger charge is 2.17. The van der Waals surface area contributed by atoms with Gasteiger partial charge in [0.05, 0.1) is 23.5 Å². The second kappa shape index (κ2) is 6.98. The van der Waals surface area contributed by atoms with Crippen LogP contribution in [0.5, 0.6) is 5.75 Å². The molecule has 0 fully saturated rings. The molecule has 2 aromatic heterocycles. The summed E-state index contributed by atoms with van der Waals surface area (Å²) in [6, 6.07) is 11.8. The fraction of sp³-hybridized carbons (Fsp3) is 0.0556. The van der Waals surface area contributed by atoms with Crippen LogP contribution >= 0.6 is 22.9 Å². The highest BCUT2D eigenvalue weighted by molar-refractivity contribution is 7.13. The summed E-state index contributed by atoms with van der Waals surface area (Å²) in [7, 11) is 1.62. The largest absolute Gasteiger partial charge is 0.497 e. The van der Waals surface area contributed by atoms with E-state index in [1.54, 1.807) is 7.11 Å². The third kappa shape index (κ3) is 3.24. The molecule has 0 aliphatic rings. The van der Waals surface area contributed by atoms with Gasteiger partial charge in [0.2, 0.25) is 0 Å². The average molecular weight is 402 g/mol. The zero-order valence-corrected chi connectivity index (χ0v) is 15.6. The molecule has 136 valence electrons. The normalized spacial score (nSPS) is 10.9. The molecule has 2 N–H and O–H groups in total. The highest BCUT2D eigenvalue weighted by Crippen LogP contribution is 2.32. The first-order valence-corrected chi connectivity index (χ1v) is 9.09. The van der Waals surface area contributed by atoms with Crippen molar-refractivity contribution in [2.75, 3.05) is 12.8 Å². The van der Waals surface area contributed by atoms with E-state index in [9.17, 15) is 4.39 Å². The van der Waals surface area contributed by atoms with Crippen molar-refractivity contribution in [2.45, 2.75) is 0 Å². The maximum atomic E-state index is 13.4. The molecule has 0 aliphatic carbocycles. The number of rotatable bonds is 4. The molecule has 4 rings (SSSR count). The minimum absolute atomic E-state index is 0.0139. The maximum Gasteiger partial charge on any atom is 0.165 e. The van der Waals surface area contributed by atoms with Crippen LogP contribution in [0.2, 0.25) is 5.02 Å². The van der Waals surface area contributed by atoms with E-state index in [-0.39, 0.29) is 5.02 Å². The van der Waals surface area contributed by atoms with Gasteiger partial charge in [-0.05, 0) is 42.5 Å². The van der Waals surface area contributed by atoms with Crippen LogP contribution in [0, 0.1) is 5.82 Å². The first-order chi connectivity index (χ1) is 13.1. The summed E-state index contributed by atoms with van der Waals surface area (Å²) in [6.45, 7) is 0. The van der Waals surface area contributed by atoms with E-state index in [4.69, 9.17) is 22.1 Å². The van der Waals surface area contributed by atoms with Crippen molar-refractivity contribution >= 4 is 28.8 Å². The number of halogens is 2. The second-order valence-electron chi connectivity index (χ2n) is 5.60. The lowest BCUT2D eigenvalue weighted by Crippen LogP contribution is -2.02. The van der Waals surface area contributed by atoms with Crippen LogP contribution in [-0.4, -0.2) is 27.1 Å². The van der Waals surface area contributed by atoms with Crippen LogP contribution in [0.4, 0.5) is 10.2 Å². The van der Waals surface area contributed by atoms with Crippen LogP contribution in [0.15, 0.2) is 47.8 Å². The number of nitrogen functional groups attached to an aromatic ring is 1. The van der Waals surface area contributed by atoms with E-state index in [1.807, 2.05) is 29.6 Å². The number of methoxy groups -OCH3 is 1. The molecule has 2 heterocycles. The SMILES string of the molecule is COc1ccc(-c2csc(-c3nnn(-c4ccc(F)c(Cl)c4)c3N)n2)cc1. The first kappa shape index (κ1) is 17.4. The Morgan fingerprint density at radius 1 is 1.19 bits per heavy atom. The summed E-state index contributed by atoms with van der Waals surface area (Å²) < 4.78 is 19.9. The predicted octanol–water partition coefficient (Wildman–Crippen LogP) is 4.44. The van der Waals surface area contributed by atoms with Gasteiger partial charge in [-0.3, -0.25) is 0 Å². The van der Waals surface area contributed by atoms with Crippen LogP contribution in [-0.2, 0) is 0 Å². The standard InChI is InChI=1S/C18H13ClFN5OS/c1-26-12-5-2-10(3-6-12)15-9-27-18(22-15)16-17(21)25(24-23-16)11-4-7-14(20)13(19)8-11/h2-9H,21H2,1H3. The Labute approximate surface area is 163 Å². The molecule has 0 atom stereocenters. The van der Waals surface area contributed by atoms with Gasteiger partial charge in [0.25, 0.3) is 0 Å². The fourth-order valence-corrected chi connectivity index (χ4v) is 3.52. The molecule has 0 spiro atoms. The van der Waals surface area contributed by atoms with Crippen molar-refractivity contribution in [1.82, 2.24) is 20.0 Å². The van der Waals surface area contributed by atoms with E-state index in [1.165, 1.54) is 34.2 Å². The fourth-order valence-electron chi connectivity index (χ4n) is 2.53. The van der Waals surface area contributed by atoms with Crippen molar-refractivity contribution < 1.29 is 9.13 Å². The number of thiazole rings is 1. The molecule has 0 radical (unpaired) electrons. The van der Waals surface area contributed by atoms with Gasteiger partial charge in [0.1, 0.15) is 16.6 Å². The van der Waals surface area contributed by atoms with Crippen LogP contribution in [0.1, 0.15) is 0 Å². The quantitative estimate of drug-likeness (QED) is 0.546.